The van der Waals surface area contributed by atoms with Crippen molar-refractivity contribution < 1.29 is 4.79 Å². The highest BCUT2D eigenvalue weighted by molar-refractivity contribution is 7.18. The Morgan fingerprint density at radius 1 is 1.08 bits per heavy atom. The van der Waals surface area contributed by atoms with Crippen molar-refractivity contribution in [1.82, 2.24) is 15.3 Å². The molecule has 0 spiro atoms. The molecule has 4 rings (SSSR count). The van der Waals surface area contributed by atoms with Crippen molar-refractivity contribution in [2.24, 2.45) is 0 Å². The number of fused-ring (bicyclic) bond motifs is 1. The van der Waals surface area contributed by atoms with Crippen molar-refractivity contribution in [3.63, 3.8) is 0 Å². The Labute approximate surface area is 157 Å². The minimum absolute atomic E-state index is 0.198. The lowest BCUT2D eigenvalue weighted by molar-refractivity contribution is 0.0946. The molecule has 1 N–H and O–H groups in total. The average Bonchev–Trinajstić information content (AvgIpc) is 3.27. The van der Waals surface area contributed by atoms with Gasteiger partial charge in [0.25, 0.3) is 5.91 Å². The van der Waals surface area contributed by atoms with Crippen LogP contribution in [0.2, 0.25) is 5.02 Å². The number of aromatic nitrogens is 2. The summed E-state index contributed by atoms with van der Waals surface area (Å²) in [6, 6.07) is 15.3. The molecule has 0 saturated carbocycles. The van der Waals surface area contributed by atoms with Crippen LogP contribution in [-0.2, 0) is 6.54 Å². The van der Waals surface area contributed by atoms with E-state index in [2.05, 4.69) is 15.3 Å². The minimum Gasteiger partial charge on any atom is -0.344 e. The van der Waals surface area contributed by atoms with Crippen LogP contribution in [0.15, 0.2) is 53.9 Å². The number of halogens is 1. The molecule has 1 amide bonds. The maximum atomic E-state index is 12.3. The van der Waals surface area contributed by atoms with Crippen molar-refractivity contribution in [1.29, 1.82) is 0 Å². The molecule has 0 bridgehead atoms. The van der Waals surface area contributed by atoms with Crippen LogP contribution in [0.5, 0.6) is 0 Å². The van der Waals surface area contributed by atoms with Gasteiger partial charge in [0.05, 0.1) is 16.8 Å². The predicted molar refractivity (Wildman–Crippen MR) is 103 cm³/mol. The van der Waals surface area contributed by atoms with Crippen LogP contribution < -0.4 is 5.32 Å². The molecule has 0 aliphatic heterocycles. The molecule has 0 fully saturated rings. The molecule has 2 aromatic heterocycles. The van der Waals surface area contributed by atoms with Crippen LogP contribution in [0.25, 0.3) is 20.8 Å². The summed E-state index contributed by atoms with van der Waals surface area (Å²) in [5.74, 6) is -0.198. The summed E-state index contributed by atoms with van der Waals surface area (Å²) >= 11 is 8.91. The molecule has 0 saturated heterocycles. The molecule has 4 nitrogen and oxygen atoms in total. The Hall–Kier alpha value is -2.28. The first-order valence-corrected chi connectivity index (χ1v) is 9.60. The normalized spacial score (nSPS) is 10.9. The van der Waals surface area contributed by atoms with Gasteiger partial charge in [-0.3, -0.25) is 4.79 Å². The molecule has 0 atom stereocenters. The first kappa shape index (κ1) is 16.2. The molecule has 0 aliphatic rings. The van der Waals surface area contributed by atoms with Crippen LogP contribution >= 0.6 is 34.3 Å². The van der Waals surface area contributed by atoms with Gasteiger partial charge in [-0.15, -0.1) is 22.7 Å². The maximum absolute atomic E-state index is 12.3. The first-order chi connectivity index (χ1) is 12.2. The summed E-state index contributed by atoms with van der Waals surface area (Å²) in [5.41, 5.74) is 2.31. The second-order valence-corrected chi connectivity index (χ2v) is 7.71. The van der Waals surface area contributed by atoms with Crippen LogP contribution in [0.4, 0.5) is 0 Å². The number of hydrogen-bond donors (Lipinski definition) is 1. The van der Waals surface area contributed by atoms with E-state index in [0.717, 1.165) is 25.8 Å². The zero-order valence-electron chi connectivity index (χ0n) is 12.9. The number of hydrogen-bond acceptors (Lipinski definition) is 5. The third-order valence-corrected chi connectivity index (χ3v) is 5.75. The monoisotopic (exact) mass is 385 g/mol. The van der Waals surface area contributed by atoms with E-state index in [1.54, 1.807) is 16.7 Å². The van der Waals surface area contributed by atoms with Gasteiger partial charge in [-0.2, -0.15) is 0 Å². The molecule has 0 unspecified atom stereocenters. The quantitative estimate of drug-likeness (QED) is 0.537. The zero-order chi connectivity index (χ0) is 17.2. The van der Waals surface area contributed by atoms with Gasteiger partial charge in [0.15, 0.2) is 0 Å². The molecular weight excluding hydrogens is 374 g/mol. The number of benzene rings is 2. The molecule has 7 heteroatoms. The van der Waals surface area contributed by atoms with Gasteiger partial charge in [-0.05, 0) is 24.3 Å². The van der Waals surface area contributed by atoms with Gasteiger partial charge < -0.3 is 5.32 Å². The van der Waals surface area contributed by atoms with Crippen molar-refractivity contribution in [2.75, 3.05) is 0 Å². The molecular formula is C18H12ClN3OS2. The first-order valence-electron chi connectivity index (χ1n) is 7.53. The highest BCUT2D eigenvalue weighted by atomic mass is 35.5. The van der Waals surface area contributed by atoms with Crippen molar-refractivity contribution in [3.05, 3.63) is 69.6 Å². The minimum atomic E-state index is -0.198. The van der Waals surface area contributed by atoms with E-state index in [1.807, 2.05) is 48.5 Å². The topological polar surface area (TPSA) is 54.9 Å². The van der Waals surface area contributed by atoms with Gasteiger partial charge in [-0.1, -0.05) is 35.9 Å². The van der Waals surface area contributed by atoms with E-state index in [0.29, 0.717) is 17.3 Å². The highest BCUT2D eigenvalue weighted by Gasteiger charge is 2.12. The standard InChI is InChI=1S/C18H12ClN3OS2/c19-12-7-5-11(6-8-12)18-22-14(10-24-18)17(23)20-9-16-21-13-3-1-2-4-15(13)25-16/h1-8,10H,9H2,(H,20,23). The average molecular weight is 386 g/mol. The number of amides is 1. The number of nitrogens with one attached hydrogen (secondary N) is 1. The smallest absolute Gasteiger partial charge is 0.271 e. The summed E-state index contributed by atoms with van der Waals surface area (Å²) in [7, 11) is 0. The number of carbonyl (C=O) groups is 1. The Morgan fingerprint density at radius 2 is 1.88 bits per heavy atom. The van der Waals surface area contributed by atoms with E-state index in [4.69, 9.17) is 11.6 Å². The summed E-state index contributed by atoms with van der Waals surface area (Å²) < 4.78 is 1.12. The van der Waals surface area contributed by atoms with Crippen molar-refractivity contribution >= 4 is 50.4 Å². The second kappa shape index (κ2) is 6.92. The third kappa shape index (κ3) is 3.56. The Balaban J connectivity index is 1.45. The van der Waals surface area contributed by atoms with Crippen LogP contribution in [0.1, 0.15) is 15.5 Å². The maximum Gasteiger partial charge on any atom is 0.271 e. The van der Waals surface area contributed by atoms with Gasteiger partial charge >= 0.3 is 0 Å². The molecule has 25 heavy (non-hydrogen) atoms. The van der Waals surface area contributed by atoms with Crippen molar-refractivity contribution in [3.8, 4) is 10.6 Å². The fourth-order valence-electron chi connectivity index (χ4n) is 2.35. The molecule has 0 aliphatic carbocycles. The van der Waals surface area contributed by atoms with Crippen molar-refractivity contribution in [2.45, 2.75) is 6.54 Å². The van der Waals surface area contributed by atoms with E-state index < -0.39 is 0 Å². The number of nitrogens with zero attached hydrogens (tertiary/aromatic N) is 2. The molecule has 0 radical (unpaired) electrons. The summed E-state index contributed by atoms with van der Waals surface area (Å²) in [6.45, 7) is 0.395. The van der Waals surface area contributed by atoms with Gasteiger partial charge in [0.1, 0.15) is 15.7 Å². The highest BCUT2D eigenvalue weighted by Crippen LogP contribution is 2.25. The Kier molecular flexibility index (Phi) is 4.48. The third-order valence-electron chi connectivity index (χ3n) is 3.57. The van der Waals surface area contributed by atoms with Gasteiger partial charge in [0, 0.05) is 16.0 Å². The van der Waals surface area contributed by atoms with E-state index in [9.17, 15) is 4.79 Å². The fourth-order valence-corrected chi connectivity index (χ4v) is 4.18. The summed E-state index contributed by atoms with van der Waals surface area (Å²) in [6.07, 6.45) is 0. The van der Waals surface area contributed by atoms with Crippen LogP contribution in [-0.4, -0.2) is 15.9 Å². The summed E-state index contributed by atoms with van der Waals surface area (Å²) in [5, 5.41) is 6.99. The number of thiazole rings is 2. The van der Waals surface area contributed by atoms with Gasteiger partial charge in [-0.25, -0.2) is 9.97 Å². The van der Waals surface area contributed by atoms with Crippen LogP contribution in [0, 0.1) is 0 Å². The number of carbonyl (C=O) groups excluding carboxylic acids is 1. The lowest BCUT2D eigenvalue weighted by Crippen LogP contribution is -2.22. The number of para-hydroxylation sites is 1. The fraction of sp³-hybridized carbons (Fsp3) is 0.0556. The van der Waals surface area contributed by atoms with Gasteiger partial charge in [0.2, 0.25) is 0 Å². The predicted octanol–water partition coefficient (Wildman–Crippen LogP) is 5.00. The zero-order valence-corrected chi connectivity index (χ0v) is 15.3. The summed E-state index contributed by atoms with van der Waals surface area (Å²) in [4.78, 5) is 21.2. The Bertz CT molecular complexity index is 1010. The van der Waals surface area contributed by atoms with E-state index in [-0.39, 0.29) is 5.91 Å². The second-order valence-electron chi connectivity index (χ2n) is 5.30. The van der Waals surface area contributed by atoms with E-state index in [1.165, 1.54) is 11.3 Å². The molecule has 4 aromatic rings. The van der Waals surface area contributed by atoms with Crippen LogP contribution in [0.3, 0.4) is 0 Å². The molecule has 2 aromatic carbocycles. The molecule has 124 valence electrons. The Morgan fingerprint density at radius 3 is 2.68 bits per heavy atom. The lowest BCUT2D eigenvalue weighted by Gasteiger charge is -2.00. The SMILES string of the molecule is O=C(NCc1nc2ccccc2s1)c1csc(-c2ccc(Cl)cc2)n1. The lowest BCUT2D eigenvalue weighted by atomic mass is 10.2. The van der Waals surface area contributed by atoms with E-state index >= 15 is 0 Å². The number of rotatable bonds is 4. The molecule has 2 heterocycles. The largest absolute Gasteiger partial charge is 0.344 e.